The van der Waals surface area contributed by atoms with Gasteiger partial charge in [0.25, 0.3) is 0 Å². The molecule has 2 heterocycles. The summed E-state index contributed by atoms with van der Waals surface area (Å²) in [6.45, 7) is 0. The molecule has 0 saturated carbocycles. The summed E-state index contributed by atoms with van der Waals surface area (Å²) in [5.41, 5.74) is 11.7. The number of allylic oxidation sites excluding steroid dienone is 4. The minimum Gasteiger partial charge on any atom is -0.309 e. The molecule has 53 heavy (non-hydrogen) atoms. The average molecular weight is 698 g/mol. The Morgan fingerprint density at radius 2 is 1.17 bits per heavy atom. The van der Waals surface area contributed by atoms with E-state index < -0.39 is 0 Å². The lowest BCUT2D eigenvalue weighted by molar-refractivity contribution is 0.715. The van der Waals surface area contributed by atoms with Crippen LogP contribution >= 0.6 is 11.3 Å². The second kappa shape index (κ2) is 13.5. The third-order valence-corrected chi connectivity index (χ3v) is 12.4. The van der Waals surface area contributed by atoms with Gasteiger partial charge in [-0.3, -0.25) is 0 Å². The SMILES string of the molecule is C1=CCC(c2ccc(C(CCc3ccc(-c4ccc(-n5c6ccccc6c6ccccc65)cc4)cc3)c3ccc4sc5ccccc5c4c3)cc2)C=C1. The fraction of sp³-hybridized carbons (Fsp3) is 0.0980. The predicted molar refractivity (Wildman–Crippen MR) is 228 cm³/mol. The van der Waals surface area contributed by atoms with E-state index >= 15 is 0 Å². The topological polar surface area (TPSA) is 4.93 Å². The summed E-state index contributed by atoms with van der Waals surface area (Å²) in [5, 5.41) is 5.31. The standard InChI is InChI=1S/C51H39NS/c1-2-10-36(11-3-1)38-23-25-40(26-24-38)43(41-29-33-51-47(34-41)46-14-6-9-17-50(46)53-51)32-20-35-18-21-37(22-19-35)39-27-30-42(31-28-39)52-48-15-7-4-12-44(48)45-13-5-8-16-49(45)52/h1-10,12-19,21-31,33-34,36,43H,11,20,32H2. The highest BCUT2D eigenvalue weighted by Crippen LogP contribution is 2.39. The Morgan fingerprint density at radius 1 is 0.547 bits per heavy atom. The number of rotatable bonds is 8. The molecular weight excluding hydrogens is 659 g/mol. The third-order valence-electron chi connectivity index (χ3n) is 11.3. The molecule has 0 amide bonds. The molecule has 0 aliphatic heterocycles. The molecule has 0 radical (unpaired) electrons. The fourth-order valence-corrected chi connectivity index (χ4v) is 9.55. The van der Waals surface area contributed by atoms with Crippen molar-refractivity contribution in [2.75, 3.05) is 0 Å². The number of hydrogen-bond acceptors (Lipinski definition) is 1. The first-order valence-electron chi connectivity index (χ1n) is 18.8. The van der Waals surface area contributed by atoms with Gasteiger partial charge in [0, 0.05) is 48.5 Å². The maximum atomic E-state index is 2.47. The summed E-state index contributed by atoms with van der Waals surface area (Å²) in [6, 6.07) is 61.2. The Morgan fingerprint density at radius 3 is 1.87 bits per heavy atom. The number of benzene rings is 7. The van der Waals surface area contributed by atoms with Gasteiger partial charge in [-0.1, -0.05) is 146 Å². The minimum absolute atomic E-state index is 0.307. The molecule has 1 nitrogen and oxygen atoms in total. The molecular formula is C51H39NS. The lowest BCUT2D eigenvalue weighted by Gasteiger charge is -2.20. The van der Waals surface area contributed by atoms with E-state index in [0.717, 1.165) is 19.3 Å². The Bertz CT molecular complexity index is 2740. The predicted octanol–water partition coefficient (Wildman–Crippen LogP) is 14.2. The Hall–Kier alpha value is -5.96. The zero-order valence-electron chi connectivity index (χ0n) is 29.5. The number of hydrogen-bond donors (Lipinski definition) is 0. The van der Waals surface area contributed by atoms with E-state index in [-0.39, 0.29) is 0 Å². The van der Waals surface area contributed by atoms with Gasteiger partial charge in [-0.25, -0.2) is 0 Å². The highest BCUT2D eigenvalue weighted by molar-refractivity contribution is 7.25. The van der Waals surface area contributed by atoms with E-state index in [9.17, 15) is 0 Å². The van der Waals surface area contributed by atoms with Crippen LogP contribution in [0.1, 0.15) is 46.9 Å². The first-order valence-corrected chi connectivity index (χ1v) is 19.6. The first-order chi connectivity index (χ1) is 26.3. The molecule has 0 fully saturated rings. The van der Waals surface area contributed by atoms with Crippen molar-refractivity contribution in [1.29, 1.82) is 0 Å². The van der Waals surface area contributed by atoms with Crippen LogP contribution in [0.5, 0.6) is 0 Å². The van der Waals surface area contributed by atoms with E-state index in [0.29, 0.717) is 11.8 Å². The second-order valence-electron chi connectivity index (χ2n) is 14.4. The van der Waals surface area contributed by atoms with Gasteiger partial charge >= 0.3 is 0 Å². The number of aryl methyl sites for hydroxylation is 1. The van der Waals surface area contributed by atoms with Crippen LogP contribution in [0.25, 0.3) is 58.8 Å². The molecule has 2 unspecified atom stereocenters. The molecule has 9 aromatic rings. The van der Waals surface area contributed by atoms with Gasteiger partial charge < -0.3 is 4.57 Å². The van der Waals surface area contributed by atoms with E-state index in [1.165, 1.54) is 81.0 Å². The molecule has 1 aliphatic carbocycles. The smallest absolute Gasteiger partial charge is 0.0541 e. The largest absolute Gasteiger partial charge is 0.309 e. The second-order valence-corrected chi connectivity index (χ2v) is 15.5. The molecule has 7 aromatic carbocycles. The molecule has 0 saturated heterocycles. The molecule has 2 heteroatoms. The van der Waals surface area contributed by atoms with Crippen LogP contribution in [0.4, 0.5) is 0 Å². The minimum atomic E-state index is 0.307. The van der Waals surface area contributed by atoms with Crippen molar-refractivity contribution < 1.29 is 0 Å². The van der Waals surface area contributed by atoms with Gasteiger partial charge in [0.05, 0.1) is 11.0 Å². The Labute approximate surface area is 314 Å². The van der Waals surface area contributed by atoms with Crippen molar-refractivity contribution in [3.8, 4) is 16.8 Å². The molecule has 254 valence electrons. The van der Waals surface area contributed by atoms with Crippen molar-refractivity contribution in [3.63, 3.8) is 0 Å². The van der Waals surface area contributed by atoms with Crippen LogP contribution in [0.3, 0.4) is 0 Å². The van der Waals surface area contributed by atoms with E-state index in [4.69, 9.17) is 0 Å². The monoisotopic (exact) mass is 697 g/mol. The van der Waals surface area contributed by atoms with Crippen LogP contribution < -0.4 is 0 Å². The highest BCUT2D eigenvalue weighted by atomic mass is 32.1. The van der Waals surface area contributed by atoms with Crippen LogP contribution in [0, 0.1) is 0 Å². The summed E-state index contributed by atoms with van der Waals surface area (Å²) in [6.07, 6.45) is 12.1. The molecule has 10 rings (SSSR count). The van der Waals surface area contributed by atoms with Crippen molar-refractivity contribution in [2.24, 2.45) is 0 Å². The van der Waals surface area contributed by atoms with Gasteiger partial charge in [0.2, 0.25) is 0 Å². The van der Waals surface area contributed by atoms with Gasteiger partial charge in [-0.05, 0) is 95.1 Å². The van der Waals surface area contributed by atoms with Gasteiger partial charge in [0.15, 0.2) is 0 Å². The van der Waals surface area contributed by atoms with Gasteiger partial charge in [-0.15, -0.1) is 11.3 Å². The summed E-state index contributed by atoms with van der Waals surface area (Å²) < 4.78 is 5.10. The fourth-order valence-electron chi connectivity index (χ4n) is 8.47. The van der Waals surface area contributed by atoms with Gasteiger partial charge in [0.1, 0.15) is 0 Å². The third kappa shape index (κ3) is 5.90. The number of nitrogens with zero attached hydrogens (tertiary/aromatic N) is 1. The van der Waals surface area contributed by atoms with Crippen molar-refractivity contribution in [2.45, 2.75) is 31.1 Å². The van der Waals surface area contributed by atoms with Crippen LogP contribution in [-0.2, 0) is 6.42 Å². The summed E-state index contributed by atoms with van der Waals surface area (Å²) in [4.78, 5) is 0. The lowest BCUT2D eigenvalue weighted by Crippen LogP contribution is -2.04. The number of para-hydroxylation sites is 2. The maximum absolute atomic E-state index is 2.47. The molecule has 2 atom stereocenters. The van der Waals surface area contributed by atoms with E-state index in [2.05, 4.69) is 193 Å². The summed E-state index contributed by atoms with van der Waals surface area (Å²) in [7, 11) is 0. The number of thiophene rings is 1. The normalized spacial score (nSPS) is 14.8. The molecule has 0 spiro atoms. The average Bonchev–Trinajstić information content (AvgIpc) is 3.77. The zero-order chi connectivity index (χ0) is 35.1. The number of aromatic nitrogens is 1. The summed E-state index contributed by atoms with van der Waals surface area (Å²) in [5.74, 6) is 0.770. The van der Waals surface area contributed by atoms with E-state index in [1.54, 1.807) is 0 Å². The van der Waals surface area contributed by atoms with Crippen LogP contribution in [0.15, 0.2) is 188 Å². The molecule has 0 bridgehead atoms. The number of fused-ring (bicyclic) bond motifs is 6. The quantitative estimate of drug-likeness (QED) is 0.149. The van der Waals surface area contributed by atoms with E-state index in [1.807, 2.05) is 11.3 Å². The highest BCUT2D eigenvalue weighted by Gasteiger charge is 2.18. The molecule has 1 aliphatic rings. The van der Waals surface area contributed by atoms with Crippen molar-refractivity contribution in [1.82, 2.24) is 4.57 Å². The maximum Gasteiger partial charge on any atom is 0.0541 e. The Kier molecular flexibility index (Phi) is 8.11. The molecule has 0 N–H and O–H groups in total. The van der Waals surface area contributed by atoms with Crippen LogP contribution in [0.2, 0.25) is 0 Å². The van der Waals surface area contributed by atoms with Crippen molar-refractivity contribution in [3.05, 3.63) is 210 Å². The Balaban J connectivity index is 0.921. The van der Waals surface area contributed by atoms with Gasteiger partial charge in [-0.2, -0.15) is 0 Å². The van der Waals surface area contributed by atoms with Crippen molar-refractivity contribution >= 4 is 53.3 Å². The summed E-state index contributed by atoms with van der Waals surface area (Å²) >= 11 is 1.89. The lowest BCUT2D eigenvalue weighted by atomic mass is 9.84. The first kappa shape index (κ1) is 31.7. The van der Waals surface area contributed by atoms with Crippen LogP contribution in [-0.4, -0.2) is 4.57 Å². The zero-order valence-corrected chi connectivity index (χ0v) is 30.3. The molecule has 2 aromatic heterocycles.